The molecular weight excluding hydrogens is 316 g/mol. The Hall–Kier alpha value is -2.67. The van der Waals surface area contributed by atoms with E-state index in [-0.39, 0.29) is 5.56 Å². The van der Waals surface area contributed by atoms with Crippen molar-refractivity contribution in [1.82, 2.24) is 4.98 Å². The molecule has 2 aromatic heterocycles. The van der Waals surface area contributed by atoms with Gasteiger partial charge >= 0.3 is 5.63 Å². The van der Waals surface area contributed by atoms with Crippen molar-refractivity contribution in [3.8, 4) is 5.75 Å². The van der Waals surface area contributed by atoms with Gasteiger partial charge in [0.15, 0.2) is 5.13 Å². The average molecular weight is 330 g/mol. The summed E-state index contributed by atoms with van der Waals surface area (Å²) in [5.41, 5.74) is 0.455. The van der Waals surface area contributed by atoms with Crippen molar-refractivity contribution in [2.45, 2.75) is 13.8 Å². The van der Waals surface area contributed by atoms with Crippen molar-refractivity contribution in [3.05, 3.63) is 50.8 Å². The van der Waals surface area contributed by atoms with Crippen LogP contribution in [0.4, 0.5) is 5.13 Å². The summed E-state index contributed by atoms with van der Waals surface area (Å²) in [6.07, 6.45) is 0. The second-order valence-corrected chi connectivity index (χ2v) is 6.17. The summed E-state index contributed by atoms with van der Waals surface area (Å²) in [6.45, 7) is 3.78. The molecular formula is C16H14N2O4S. The molecule has 1 amide bonds. The standard InChI is InChI=1S/C16H14N2O4S/c1-8-9(2)23-16(17-8)18-14(19)12-6-10-4-5-11(21-3)7-13(10)22-15(12)20/h4-7H,1-3H3,(H,17,18,19). The summed E-state index contributed by atoms with van der Waals surface area (Å²) in [5.74, 6) is 0.0387. The summed E-state index contributed by atoms with van der Waals surface area (Å²) in [5, 5.41) is 3.73. The van der Waals surface area contributed by atoms with Gasteiger partial charge < -0.3 is 9.15 Å². The number of anilines is 1. The first-order valence-electron chi connectivity index (χ1n) is 6.85. The van der Waals surface area contributed by atoms with E-state index >= 15 is 0 Å². The largest absolute Gasteiger partial charge is 0.497 e. The number of thiazole rings is 1. The van der Waals surface area contributed by atoms with Crippen molar-refractivity contribution in [3.63, 3.8) is 0 Å². The van der Waals surface area contributed by atoms with E-state index in [1.807, 2.05) is 13.8 Å². The minimum Gasteiger partial charge on any atom is -0.497 e. The maximum atomic E-state index is 12.3. The maximum Gasteiger partial charge on any atom is 0.349 e. The second-order valence-electron chi connectivity index (χ2n) is 4.97. The van der Waals surface area contributed by atoms with E-state index in [1.165, 1.54) is 24.5 Å². The maximum absolute atomic E-state index is 12.3. The van der Waals surface area contributed by atoms with Crippen LogP contribution in [0.1, 0.15) is 20.9 Å². The van der Waals surface area contributed by atoms with Crippen LogP contribution in [0.15, 0.2) is 33.5 Å². The van der Waals surface area contributed by atoms with E-state index in [0.717, 1.165) is 10.6 Å². The van der Waals surface area contributed by atoms with Crippen molar-refractivity contribution < 1.29 is 13.9 Å². The minimum absolute atomic E-state index is 0.0619. The average Bonchev–Trinajstić information content (AvgIpc) is 2.83. The van der Waals surface area contributed by atoms with Gasteiger partial charge in [0.25, 0.3) is 5.91 Å². The first-order valence-corrected chi connectivity index (χ1v) is 7.67. The fourth-order valence-electron chi connectivity index (χ4n) is 2.07. The summed E-state index contributed by atoms with van der Waals surface area (Å²) >= 11 is 1.36. The predicted octanol–water partition coefficient (Wildman–Crippen LogP) is 3.13. The van der Waals surface area contributed by atoms with Gasteiger partial charge in [-0.1, -0.05) is 0 Å². The van der Waals surface area contributed by atoms with Gasteiger partial charge in [-0.25, -0.2) is 9.78 Å². The van der Waals surface area contributed by atoms with Gasteiger partial charge in [-0.2, -0.15) is 0 Å². The number of benzene rings is 1. The molecule has 1 N–H and O–H groups in total. The highest BCUT2D eigenvalue weighted by molar-refractivity contribution is 7.15. The van der Waals surface area contributed by atoms with Crippen molar-refractivity contribution >= 4 is 33.3 Å². The van der Waals surface area contributed by atoms with E-state index in [9.17, 15) is 9.59 Å². The zero-order chi connectivity index (χ0) is 16.6. The lowest BCUT2D eigenvalue weighted by Crippen LogP contribution is -2.20. The Balaban J connectivity index is 1.97. The number of hydrogen-bond acceptors (Lipinski definition) is 6. The number of hydrogen-bond donors (Lipinski definition) is 1. The Morgan fingerprint density at radius 3 is 2.74 bits per heavy atom. The zero-order valence-electron chi connectivity index (χ0n) is 12.8. The fraction of sp³-hybridized carbons (Fsp3) is 0.188. The number of carbonyl (C=O) groups is 1. The molecule has 0 saturated carbocycles. The van der Waals surface area contributed by atoms with Gasteiger partial charge in [0.1, 0.15) is 16.9 Å². The number of aromatic nitrogens is 1. The number of rotatable bonds is 3. The highest BCUT2D eigenvalue weighted by Crippen LogP contribution is 2.23. The first kappa shape index (κ1) is 15.2. The molecule has 2 heterocycles. The van der Waals surface area contributed by atoms with Crippen molar-refractivity contribution in [1.29, 1.82) is 0 Å². The van der Waals surface area contributed by atoms with Gasteiger partial charge in [-0.3, -0.25) is 10.1 Å². The second kappa shape index (κ2) is 5.85. The molecule has 3 aromatic rings. The molecule has 118 valence electrons. The summed E-state index contributed by atoms with van der Waals surface area (Å²) in [4.78, 5) is 29.6. The van der Waals surface area contributed by atoms with Gasteiger partial charge in [-0.15, -0.1) is 11.3 Å². The van der Waals surface area contributed by atoms with Crippen molar-refractivity contribution in [2.75, 3.05) is 12.4 Å². The van der Waals surface area contributed by atoms with E-state index in [4.69, 9.17) is 9.15 Å². The molecule has 3 rings (SSSR count). The van der Waals surface area contributed by atoms with Crippen LogP contribution in [0, 0.1) is 13.8 Å². The topological polar surface area (TPSA) is 81.4 Å². The van der Waals surface area contributed by atoms with Crippen LogP contribution in [-0.4, -0.2) is 18.0 Å². The lowest BCUT2D eigenvalue weighted by Gasteiger charge is -2.04. The number of nitrogens with zero attached hydrogens (tertiary/aromatic N) is 1. The number of aryl methyl sites for hydroxylation is 2. The quantitative estimate of drug-likeness (QED) is 0.746. The lowest BCUT2D eigenvalue weighted by atomic mass is 10.1. The summed E-state index contributed by atoms with van der Waals surface area (Å²) in [6, 6.07) is 6.57. The molecule has 0 fully saturated rings. The third-order valence-corrected chi connectivity index (χ3v) is 4.43. The third kappa shape index (κ3) is 2.95. The monoisotopic (exact) mass is 330 g/mol. The number of methoxy groups -OCH3 is 1. The van der Waals surface area contributed by atoms with Gasteiger partial charge in [-0.05, 0) is 32.0 Å². The molecule has 0 aliphatic carbocycles. The molecule has 7 heteroatoms. The predicted molar refractivity (Wildman–Crippen MR) is 88.6 cm³/mol. The van der Waals surface area contributed by atoms with Crippen LogP contribution in [-0.2, 0) is 0 Å². The van der Waals surface area contributed by atoms with Gasteiger partial charge in [0, 0.05) is 16.3 Å². The van der Waals surface area contributed by atoms with Gasteiger partial charge in [0.2, 0.25) is 0 Å². The normalized spacial score (nSPS) is 10.7. The summed E-state index contributed by atoms with van der Waals surface area (Å²) in [7, 11) is 1.53. The Labute approximate surface area is 135 Å². The molecule has 6 nitrogen and oxygen atoms in total. The molecule has 0 spiro atoms. The Kier molecular flexibility index (Phi) is 3.87. The third-order valence-electron chi connectivity index (χ3n) is 3.44. The molecule has 23 heavy (non-hydrogen) atoms. The number of carbonyl (C=O) groups excluding carboxylic acids is 1. The fourth-order valence-corrected chi connectivity index (χ4v) is 2.88. The molecule has 1 aromatic carbocycles. The number of fused-ring (bicyclic) bond motifs is 1. The van der Waals surface area contributed by atoms with Crippen LogP contribution in [0.2, 0.25) is 0 Å². The SMILES string of the molecule is COc1ccc2cc(C(=O)Nc3nc(C)c(C)s3)c(=O)oc2c1. The minimum atomic E-state index is -0.701. The highest BCUT2D eigenvalue weighted by Gasteiger charge is 2.16. The Morgan fingerprint density at radius 1 is 1.30 bits per heavy atom. The van der Waals surface area contributed by atoms with Crippen molar-refractivity contribution in [2.24, 2.45) is 0 Å². The smallest absolute Gasteiger partial charge is 0.349 e. The Morgan fingerprint density at radius 2 is 2.09 bits per heavy atom. The molecule has 0 radical (unpaired) electrons. The molecule has 0 unspecified atom stereocenters. The molecule has 0 aliphatic rings. The van der Waals surface area contributed by atoms with E-state index < -0.39 is 11.5 Å². The number of ether oxygens (including phenoxy) is 1. The lowest BCUT2D eigenvalue weighted by molar-refractivity contribution is 0.102. The first-order chi connectivity index (χ1) is 11.0. The summed E-state index contributed by atoms with van der Waals surface area (Å²) < 4.78 is 10.3. The highest BCUT2D eigenvalue weighted by atomic mass is 32.1. The molecule has 0 atom stereocenters. The molecule has 0 saturated heterocycles. The van der Waals surface area contributed by atoms with Crippen LogP contribution in [0.5, 0.6) is 5.75 Å². The van der Waals surface area contributed by atoms with E-state index in [2.05, 4.69) is 10.3 Å². The van der Waals surface area contributed by atoms with Gasteiger partial charge in [0.05, 0.1) is 12.8 Å². The molecule has 0 aliphatic heterocycles. The Bertz CT molecular complexity index is 939. The van der Waals surface area contributed by atoms with Crippen LogP contribution >= 0.6 is 11.3 Å². The van der Waals surface area contributed by atoms with Crippen LogP contribution in [0.3, 0.4) is 0 Å². The van der Waals surface area contributed by atoms with Crippen LogP contribution < -0.4 is 15.7 Å². The molecule has 0 bridgehead atoms. The zero-order valence-corrected chi connectivity index (χ0v) is 13.6. The van der Waals surface area contributed by atoms with E-state index in [1.54, 1.807) is 18.2 Å². The number of nitrogens with one attached hydrogen (secondary N) is 1. The van der Waals surface area contributed by atoms with Crippen LogP contribution in [0.25, 0.3) is 11.0 Å². The van der Waals surface area contributed by atoms with E-state index in [0.29, 0.717) is 21.9 Å². The number of amides is 1.